The van der Waals surface area contributed by atoms with E-state index >= 15 is 0 Å². The average Bonchev–Trinajstić information content (AvgIpc) is 3.26. The molecule has 0 radical (unpaired) electrons. The minimum absolute atomic E-state index is 0.00486. The molecule has 0 aliphatic heterocycles. The summed E-state index contributed by atoms with van der Waals surface area (Å²) < 4.78 is 26.3. The van der Waals surface area contributed by atoms with Gasteiger partial charge in [-0.2, -0.15) is 20.0 Å². The Kier molecular flexibility index (Phi) is 17.4. The van der Waals surface area contributed by atoms with Gasteiger partial charge in [0.15, 0.2) is 23.8 Å². The van der Waals surface area contributed by atoms with Crippen LogP contribution < -0.4 is 64.8 Å². The number of hydrogen-bond acceptors (Lipinski definition) is 8. The number of nitrogens with two attached hydrogens (primary N) is 8. The average molecular weight is 933 g/mol. The zero-order chi connectivity index (χ0) is 49.7. The number of hydrogen-bond donors (Lipinski definition) is 8. The van der Waals surface area contributed by atoms with Crippen LogP contribution in [0.1, 0.15) is 139 Å². The molecule has 0 saturated carbocycles. The summed E-state index contributed by atoms with van der Waals surface area (Å²) in [5.41, 5.74) is 50.0. The molecule has 20 heteroatoms. The van der Waals surface area contributed by atoms with Crippen molar-refractivity contribution >= 4 is 47.5 Å². The molecular weight excluding hydrogens is 873 g/mol. The second kappa shape index (κ2) is 23.3. The topological polar surface area (TPSA) is 363 Å². The predicted molar refractivity (Wildman–Crippen MR) is 261 cm³/mol. The van der Waals surface area contributed by atoms with Gasteiger partial charge >= 0.3 is 0 Å². The number of rotatable bonds is 16. The zero-order valence-corrected chi connectivity index (χ0v) is 38.8. The quantitative estimate of drug-likeness (QED) is 0.0520. The van der Waals surface area contributed by atoms with Gasteiger partial charge in [0.2, 0.25) is 0 Å². The van der Waals surface area contributed by atoms with Crippen LogP contribution in [0.15, 0.2) is 68.5 Å². The first-order valence-electron chi connectivity index (χ1n) is 22.2. The maximum absolute atomic E-state index is 13.8. The van der Waals surface area contributed by atoms with Gasteiger partial charge in [0.25, 0.3) is 23.6 Å². The van der Waals surface area contributed by atoms with Crippen molar-refractivity contribution < 1.29 is 38.1 Å². The SMILES string of the molecule is CCCOc1c2cc(C(=O)N=C(N)N)cc1Cc1cc(C(=O)N=C(N)N)cc(c1OCCC)Cc1cc(C(=O)N=C(N)N)cc(c1OCCC)Cc1cc(C(=O)N=C(N)N)cc(c1OCCC)C2. The number of fused-ring (bicyclic) bond motifs is 8. The Morgan fingerprint density at radius 2 is 0.515 bits per heavy atom. The van der Waals surface area contributed by atoms with Crippen LogP contribution in [0.4, 0.5) is 0 Å². The maximum atomic E-state index is 13.8. The summed E-state index contributed by atoms with van der Waals surface area (Å²) in [6.45, 7) is 8.83. The normalized spacial score (nSPS) is 11.6. The molecule has 20 nitrogen and oxygen atoms in total. The molecule has 0 unspecified atom stereocenters. The highest BCUT2D eigenvalue weighted by atomic mass is 16.5. The maximum Gasteiger partial charge on any atom is 0.280 e. The lowest BCUT2D eigenvalue weighted by Gasteiger charge is -2.24. The molecule has 5 rings (SSSR count). The van der Waals surface area contributed by atoms with Crippen LogP contribution in [-0.4, -0.2) is 73.9 Å². The molecule has 360 valence electrons. The molecule has 68 heavy (non-hydrogen) atoms. The molecule has 1 aliphatic carbocycles. The van der Waals surface area contributed by atoms with Crippen molar-refractivity contribution in [3.8, 4) is 23.0 Å². The van der Waals surface area contributed by atoms with Crippen molar-refractivity contribution in [2.75, 3.05) is 26.4 Å². The van der Waals surface area contributed by atoms with Crippen molar-refractivity contribution in [3.05, 3.63) is 115 Å². The van der Waals surface area contributed by atoms with Crippen LogP contribution in [0.25, 0.3) is 0 Å². The van der Waals surface area contributed by atoms with E-state index in [1.807, 2.05) is 27.7 Å². The molecule has 0 aromatic heterocycles. The van der Waals surface area contributed by atoms with Crippen molar-refractivity contribution in [3.63, 3.8) is 0 Å². The van der Waals surface area contributed by atoms with E-state index in [4.69, 9.17) is 64.8 Å². The number of guanidine groups is 4. The van der Waals surface area contributed by atoms with Crippen molar-refractivity contribution in [1.29, 1.82) is 0 Å². The molecule has 0 saturated heterocycles. The molecule has 4 aromatic carbocycles. The monoisotopic (exact) mass is 932 g/mol. The fraction of sp³-hybridized carbons (Fsp3) is 0.333. The van der Waals surface area contributed by atoms with Gasteiger partial charge in [0.1, 0.15) is 23.0 Å². The number of carbonyl (C=O) groups excluding carboxylic acids is 4. The Balaban J connectivity index is 2.06. The number of benzene rings is 4. The smallest absolute Gasteiger partial charge is 0.280 e. The van der Waals surface area contributed by atoms with E-state index in [0.717, 1.165) is 0 Å². The first-order chi connectivity index (χ1) is 32.5. The highest BCUT2D eigenvalue weighted by molar-refractivity contribution is 6.05. The van der Waals surface area contributed by atoms with Gasteiger partial charge in [0, 0.05) is 47.9 Å². The number of amides is 4. The molecule has 8 bridgehead atoms. The standard InChI is InChI=1S/C48H60N12O8/c1-5-9-65-37-25-13-27-19-34(42(62)58-46(51)52)21-29(38(27)66-10-6-2)15-31-23-36(44(64)60-48(55)56)24-32(40(31)68-12-8-4)16-30-22-35(43(63)59-47(53)54)20-28(39(30)67-11-7-3)14-26(37)18-33(17-25)41(61)57-45(49)50/h17-24H,5-16H2,1-4H3,(H4,49,50,57,61)(H4,51,52,58,62)(H4,53,54,59,63)(H4,55,56,60,64). The van der Waals surface area contributed by atoms with Crippen LogP contribution in [0.2, 0.25) is 0 Å². The Bertz CT molecular complexity index is 2240. The van der Waals surface area contributed by atoms with Crippen LogP contribution in [0.5, 0.6) is 23.0 Å². The lowest BCUT2D eigenvalue weighted by molar-refractivity contribution is 0.0994. The van der Waals surface area contributed by atoms with E-state index in [9.17, 15) is 19.2 Å². The fourth-order valence-electron chi connectivity index (χ4n) is 7.67. The summed E-state index contributed by atoms with van der Waals surface area (Å²) in [5.74, 6) is -3.19. The molecule has 4 amide bonds. The van der Waals surface area contributed by atoms with Gasteiger partial charge in [-0.1, -0.05) is 27.7 Å². The van der Waals surface area contributed by atoms with Gasteiger partial charge in [-0.25, -0.2) is 0 Å². The van der Waals surface area contributed by atoms with E-state index < -0.39 is 47.5 Å². The highest BCUT2D eigenvalue weighted by Gasteiger charge is 2.27. The summed E-state index contributed by atoms with van der Waals surface area (Å²) in [6.07, 6.45) is 2.45. The first kappa shape index (κ1) is 50.8. The summed E-state index contributed by atoms with van der Waals surface area (Å²) >= 11 is 0. The second-order valence-corrected chi connectivity index (χ2v) is 16.0. The van der Waals surface area contributed by atoms with Gasteiger partial charge in [0.05, 0.1) is 26.4 Å². The third-order valence-corrected chi connectivity index (χ3v) is 10.2. The third-order valence-electron chi connectivity index (χ3n) is 10.2. The first-order valence-corrected chi connectivity index (χ1v) is 22.2. The number of carbonyl (C=O) groups is 4. The molecule has 16 N–H and O–H groups in total. The molecule has 0 fully saturated rings. The Hall–Kier alpha value is -8.16. The summed E-state index contributed by atoms with van der Waals surface area (Å²) in [5, 5.41) is 0. The summed E-state index contributed by atoms with van der Waals surface area (Å²) in [4.78, 5) is 70.7. The van der Waals surface area contributed by atoms with E-state index in [0.29, 0.717) is 93.2 Å². The van der Waals surface area contributed by atoms with Crippen molar-refractivity contribution in [2.24, 2.45) is 65.8 Å². The Morgan fingerprint density at radius 3 is 0.647 bits per heavy atom. The third kappa shape index (κ3) is 13.0. The van der Waals surface area contributed by atoms with Crippen molar-refractivity contribution in [2.45, 2.75) is 79.1 Å². The zero-order valence-electron chi connectivity index (χ0n) is 38.8. The van der Waals surface area contributed by atoms with E-state index in [-0.39, 0.29) is 74.4 Å². The van der Waals surface area contributed by atoms with Gasteiger partial charge in [-0.3, -0.25) is 19.2 Å². The number of aliphatic imine (C=N–C) groups is 4. The van der Waals surface area contributed by atoms with Gasteiger partial charge < -0.3 is 64.8 Å². The molecule has 0 atom stereocenters. The van der Waals surface area contributed by atoms with Crippen LogP contribution in [0.3, 0.4) is 0 Å². The fourth-order valence-corrected chi connectivity index (χ4v) is 7.67. The van der Waals surface area contributed by atoms with E-state index in [1.54, 1.807) is 48.5 Å². The van der Waals surface area contributed by atoms with Crippen LogP contribution >= 0.6 is 0 Å². The predicted octanol–water partition coefficient (Wildman–Crippen LogP) is 3.17. The molecule has 0 spiro atoms. The Morgan fingerprint density at radius 1 is 0.353 bits per heavy atom. The van der Waals surface area contributed by atoms with E-state index in [1.165, 1.54) is 0 Å². The van der Waals surface area contributed by atoms with Crippen molar-refractivity contribution in [1.82, 2.24) is 0 Å². The molecule has 1 aliphatic rings. The summed E-state index contributed by atoms with van der Waals surface area (Å²) in [7, 11) is 0. The molecular formula is C48H60N12O8. The lowest BCUT2D eigenvalue weighted by atomic mass is 9.88. The van der Waals surface area contributed by atoms with Crippen LogP contribution in [0, 0.1) is 0 Å². The largest absolute Gasteiger partial charge is 0.493 e. The second-order valence-electron chi connectivity index (χ2n) is 16.0. The molecule has 4 aromatic rings. The lowest BCUT2D eigenvalue weighted by Crippen LogP contribution is -2.24. The number of ether oxygens (including phenoxy) is 4. The highest BCUT2D eigenvalue weighted by Crippen LogP contribution is 2.41. The number of nitrogens with zero attached hydrogens (tertiary/aromatic N) is 4. The minimum Gasteiger partial charge on any atom is -0.493 e. The Labute approximate surface area is 394 Å². The molecule has 0 heterocycles. The summed E-state index contributed by atoms with van der Waals surface area (Å²) in [6, 6.07) is 12.9. The van der Waals surface area contributed by atoms with Crippen LogP contribution in [-0.2, 0) is 25.7 Å². The minimum atomic E-state index is -0.743. The van der Waals surface area contributed by atoms with Gasteiger partial charge in [-0.05, 0) is 119 Å². The van der Waals surface area contributed by atoms with Gasteiger partial charge in [-0.15, -0.1) is 0 Å². The van der Waals surface area contributed by atoms with E-state index in [2.05, 4.69) is 20.0 Å².